The summed E-state index contributed by atoms with van der Waals surface area (Å²) in [5, 5.41) is 3.83. The van der Waals surface area contributed by atoms with E-state index < -0.39 is 0 Å². The van der Waals surface area contributed by atoms with Crippen LogP contribution in [-0.4, -0.2) is 17.4 Å². The molecule has 0 bridgehead atoms. The minimum absolute atomic E-state index is 0.1000. The van der Waals surface area contributed by atoms with E-state index in [1.807, 2.05) is 32.0 Å². The number of aromatic amines is 1. The van der Waals surface area contributed by atoms with Crippen molar-refractivity contribution in [2.75, 3.05) is 6.54 Å². The van der Waals surface area contributed by atoms with Crippen LogP contribution in [0.4, 0.5) is 4.39 Å². The van der Waals surface area contributed by atoms with Crippen LogP contribution in [0.5, 0.6) is 0 Å². The van der Waals surface area contributed by atoms with Crippen LogP contribution in [0.25, 0.3) is 10.9 Å². The molecule has 140 valence electrons. The molecule has 3 aromatic rings. The molecule has 1 aromatic heterocycles. The fourth-order valence-electron chi connectivity index (χ4n) is 3.25. The van der Waals surface area contributed by atoms with Crippen molar-refractivity contribution in [2.45, 2.75) is 33.1 Å². The highest BCUT2D eigenvalue weighted by molar-refractivity contribution is 5.83. The Balaban J connectivity index is 1.57. The van der Waals surface area contributed by atoms with Gasteiger partial charge in [-0.2, -0.15) is 0 Å². The van der Waals surface area contributed by atoms with Crippen molar-refractivity contribution in [1.29, 1.82) is 0 Å². The lowest BCUT2D eigenvalue weighted by Crippen LogP contribution is -2.26. The molecule has 27 heavy (non-hydrogen) atoms. The highest BCUT2D eigenvalue weighted by atomic mass is 19.1. The Morgan fingerprint density at radius 2 is 1.81 bits per heavy atom. The van der Waals surface area contributed by atoms with Crippen LogP contribution in [0.2, 0.25) is 0 Å². The van der Waals surface area contributed by atoms with E-state index >= 15 is 0 Å². The smallest absolute Gasteiger partial charge is 0.251 e. The second-order valence-electron chi connectivity index (χ2n) is 6.90. The average Bonchev–Trinajstić information content (AvgIpc) is 2.62. The average molecular weight is 366 g/mol. The van der Waals surface area contributed by atoms with E-state index in [9.17, 15) is 14.0 Å². The molecule has 0 aliphatic rings. The number of carbonyl (C=O) groups excluding carboxylic acids is 1. The molecule has 0 saturated heterocycles. The topological polar surface area (TPSA) is 62.0 Å². The number of H-pyrrole nitrogens is 1. The zero-order chi connectivity index (χ0) is 19.4. The van der Waals surface area contributed by atoms with Gasteiger partial charge in [0.15, 0.2) is 0 Å². The first-order chi connectivity index (χ1) is 12.9. The number of aromatic nitrogens is 1. The van der Waals surface area contributed by atoms with E-state index in [1.54, 1.807) is 12.1 Å². The molecule has 2 N–H and O–H groups in total. The number of carbonyl (C=O) groups is 1. The molecule has 0 atom stereocenters. The van der Waals surface area contributed by atoms with Crippen LogP contribution >= 0.6 is 0 Å². The summed E-state index contributed by atoms with van der Waals surface area (Å²) in [4.78, 5) is 27.3. The van der Waals surface area contributed by atoms with Crippen molar-refractivity contribution in [3.8, 4) is 0 Å². The number of nitrogens with one attached hydrogen (secondary N) is 2. The van der Waals surface area contributed by atoms with E-state index in [-0.39, 0.29) is 23.7 Å². The summed E-state index contributed by atoms with van der Waals surface area (Å²) in [6, 6.07) is 12.2. The Kier molecular flexibility index (Phi) is 5.69. The van der Waals surface area contributed by atoms with E-state index in [0.29, 0.717) is 24.9 Å². The fourth-order valence-corrected chi connectivity index (χ4v) is 3.25. The summed E-state index contributed by atoms with van der Waals surface area (Å²) in [7, 11) is 0. The SMILES string of the molecule is Cc1cc(C)c2[nH]c(=O)c(CCC(=O)NCCc3ccc(F)cc3)cc2c1. The molecule has 0 radical (unpaired) electrons. The standard InChI is InChI=1S/C22H23FN2O2/c1-14-11-15(2)21-18(12-14)13-17(22(27)25-21)5-8-20(26)24-10-9-16-3-6-19(23)7-4-16/h3-4,6-7,11-13H,5,8-10H2,1-2H3,(H,24,26)(H,25,27). The van der Waals surface area contributed by atoms with Gasteiger partial charge in [-0.15, -0.1) is 0 Å². The Morgan fingerprint density at radius 1 is 1.07 bits per heavy atom. The van der Waals surface area contributed by atoms with Gasteiger partial charge >= 0.3 is 0 Å². The van der Waals surface area contributed by atoms with Crippen LogP contribution < -0.4 is 10.9 Å². The van der Waals surface area contributed by atoms with Crippen molar-refractivity contribution in [1.82, 2.24) is 10.3 Å². The van der Waals surface area contributed by atoms with Crippen LogP contribution in [-0.2, 0) is 17.6 Å². The number of hydrogen-bond acceptors (Lipinski definition) is 2. The molecule has 0 unspecified atom stereocenters. The maximum absolute atomic E-state index is 12.9. The van der Waals surface area contributed by atoms with Crippen molar-refractivity contribution in [3.05, 3.63) is 80.9 Å². The van der Waals surface area contributed by atoms with Crippen LogP contribution in [0, 0.1) is 19.7 Å². The minimum Gasteiger partial charge on any atom is -0.356 e. The molecule has 1 heterocycles. The van der Waals surface area contributed by atoms with E-state index in [1.165, 1.54) is 12.1 Å². The van der Waals surface area contributed by atoms with Gasteiger partial charge in [0.1, 0.15) is 5.82 Å². The lowest BCUT2D eigenvalue weighted by atomic mass is 10.0. The molecule has 5 heteroatoms. The molecule has 0 saturated carbocycles. The van der Waals surface area contributed by atoms with Crippen LogP contribution in [0.1, 0.15) is 28.7 Å². The summed E-state index contributed by atoms with van der Waals surface area (Å²) in [6.07, 6.45) is 1.28. The van der Waals surface area contributed by atoms with Gasteiger partial charge in [0.05, 0.1) is 5.52 Å². The van der Waals surface area contributed by atoms with Crippen molar-refractivity contribution in [2.24, 2.45) is 0 Å². The molecule has 0 spiro atoms. The maximum Gasteiger partial charge on any atom is 0.251 e. The van der Waals surface area contributed by atoms with E-state index in [0.717, 1.165) is 27.6 Å². The van der Waals surface area contributed by atoms with Gasteiger partial charge in [-0.1, -0.05) is 23.8 Å². The number of rotatable bonds is 6. The molecule has 3 rings (SSSR count). The largest absolute Gasteiger partial charge is 0.356 e. The van der Waals surface area contributed by atoms with Crippen molar-refractivity contribution in [3.63, 3.8) is 0 Å². The zero-order valence-electron chi connectivity index (χ0n) is 15.6. The quantitative estimate of drug-likeness (QED) is 0.700. The van der Waals surface area contributed by atoms with Gasteiger partial charge in [0.25, 0.3) is 5.56 Å². The number of fused-ring (bicyclic) bond motifs is 1. The normalized spacial score (nSPS) is 10.9. The zero-order valence-corrected chi connectivity index (χ0v) is 15.6. The number of hydrogen-bond donors (Lipinski definition) is 2. The third-order valence-corrected chi connectivity index (χ3v) is 4.64. The molecule has 0 aliphatic carbocycles. The van der Waals surface area contributed by atoms with Gasteiger partial charge in [0, 0.05) is 18.5 Å². The lowest BCUT2D eigenvalue weighted by Gasteiger charge is -2.08. The maximum atomic E-state index is 12.9. The third-order valence-electron chi connectivity index (χ3n) is 4.64. The Hall–Kier alpha value is -2.95. The van der Waals surface area contributed by atoms with Gasteiger partial charge in [-0.3, -0.25) is 9.59 Å². The number of pyridine rings is 1. The number of halogens is 1. The number of aryl methyl sites for hydroxylation is 3. The number of benzene rings is 2. The lowest BCUT2D eigenvalue weighted by molar-refractivity contribution is -0.121. The van der Waals surface area contributed by atoms with E-state index in [2.05, 4.69) is 10.3 Å². The summed E-state index contributed by atoms with van der Waals surface area (Å²) >= 11 is 0. The molecular formula is C22H23FN2O2. The highest BCUT2D eigenvalue weighted by Crippen LogP contribution is 2.18. The molecule has 0 aliphatic heterocycles. The van der Waals surface area contributed by atoms with Crippen molar-refractivity contribution >= 4 is 16.8 Å². The fraction of sp³-hybridized carbons (Fsp3) is 0.273. The summed E-state index contributed by atoms with van der Waals surface area (Å²) in [5.41, 5.74) is 4.45. The minimum atomic E-state index is -0.270. The Labute approximate surface area is 157 Å². The molecule has 1 amide bonds. The van der Waals surface area contributed by atoms with Gasteiger partial charge in [0.2, 0.25) is 5.91 Å². The van der Waals surface area contributed by atoms with Crippen molar-refractivity contribution < 1.29 is 9.18 Å². The van der Waals surface area contributed by atoms with Crippen LogP contribution in [0.3, 0.4) is 0 Å². The third kappa shape index (κ3) is 4.82. The first kappa shape index (κ1) is 18.8. The predicted molar refractivity (Wildman–Crippen MR) is 105 cm³/mol. The second kappa shape index (κ2) is 8.16. The summed E-state index contributed by atoms with van der Waals surface area (Å²) in [6.45, 7) is 4.47. The van der Waals surface area contributed by atoms with Gasteiger partial charge < -0.3 is 10.3 Å². The molecular weight excluding hydrogens is 343 g/mol. The highest BCUT2D eigenvalue weighted by Gasteiger charge is 2.08. The monoisotopic (exact) mass is 366 g/mol. The Bertz CT molecular complexity index is 1020. The molecule has 2 aromatic carbocycles. The second-order valence-corrected chi connectivity index (χ2v) is 6.90. The van der Waals surface area contributed by atoms with Gasteiger partial charge in [-0.05, 0) is 67.5 Å². The van der Waals surface area contributed by atoms with Crippen LogP contribution in [0.15, 0.2) is 47.3 Å². The summed E-state index contributed by atoms with van der Waals surface area (Å²) in [5.74, 6) is -0.370. The first-order valence-electron chi connectivity index (χ1n) is 9.06. The summed E-state index contributed by atoms with van der Waals surface area (Å²) < 4.78 is 12.9. The first-order valence-corrected chi connectivity index (χ1v) is 9.06. The van der Waals surface area contributed by atoms with Gasteiger partial charge in [-0.25, -0.2) is 4.39 Å². The van der Waals surface area contributed by atoms with E-state index in [4.69, 9.17) is 0 Å². The number of amides is 1. The Morgan fingerprint density at radius 3 is 2.56 bits per heavy atom. The predicted octanol–water partition coefficient (Wildman–Crippen LogP) is 3.58. The molecule has 4 nitrogen and oxygen atoms in total. The molecule has 0 fully saturated rings.